The molecule has 0 radical (unpaired) electrons. The van der Waals surface area contributed by atoms with Crippen LogP contribution in [0.4, 0.5) is 0 Å². The number of aromatic nitrogens is 1. The first kappa shape index (κ1) is 34.6. The molecule has 2 heterocycles. The normalized spacial score (nSPS) is 20.0. The van der Waals surface area contributed by atoms with Gasteiger partial charge in [0, 0.05) is 55.2 Å². The molecule has 0 amide bonds. The van der Waals surface area contributed by atoms with E-state index in [1.165, 1.54) is 55.5 Å². The van der Waals surface area contributed by atoms with E-state index in [4.69, 9.17) is 14.9 Å². The van der Waals surface area contributed by atoms with Gasteiger partial charge in [0.05, 0.1) is 19.3 Å². The number of phenolic OH excluding ortho intramolecular Hbond substituents is 1. The Morgan fingerprint density at radius 2 is 1.87 bits per heavy atom. The van der Waals surface area contributed by atoms with Gasteiger partial charge in [0.1, 0.15) is 11.5 Å². The van der Waals surface area contributed by atoms with Crippen molar-refractivity contribution in [2.45, 2.75) is 115 Å². The molecule has 5 rings (SSSR count). The molecule has 4 unspecified atom stereocenters. The molecule has 0 bridgehead atoms. The van der Waals surface area contributed by atoms with Crippen LogP contribution in [0.5, 0.6) is 11.5 Å². The number of aliphatic hydroxyl groups is 2. The lowest BCUT2D eigenvalue weighted by Gasteiger charge is -2.27. The highest BCUT2D eigenvalue weighted by atomic mass is 16.5. The number of aliphatic hydroxyl groups excluding tert-OH is 2. The third-order valence-corrected chi connectivity index (χ3v) is 10.2. The van der Waals surface area contributed by atoms with Crippen molar-refractivity contribution in [2.24, 2.45) is 17.6 Å². The van der Waals surface area contributed by atoms with E-state index in [0.29, 0.717) is 30.7 Å². The fraction of sp³-hybridized carbons (Fsp3) is 0.632. The maximum atomic E-state index is 10.5. The average Bonchev–Trinajstić information content (AvgIpc) is 3.77. The second kappa shape index (κ2) is 17.4. The minimum absolute atomic E-state index is 0.00532. The summed E-state index contributed by atoms with van der Waals surface area (Å²) in [6.45, 7) is 4.59. The second-order valence-electron chi connectivity index (χ2n) is 13.8. The molecule has 0 spiro atoms. The zero-order valence-electron chi connectivity index (χ0n) is 27.9. The molecule has 8 heteroatoms. The molecule has 8 nitrogen and oxygen atoms in total. The molecular weight excluding hydrogens is 578 g/mol. The number of aromatic hydroxyl groups is 1. The molecule has 2 aromatic heterocycles. The molecule has 2 aliphatic carbocycles. The van der Waals surface area contributed by atoms with Gasteiger partial charge in [0.25, 0.3) is 0 Å². The van der Waals surface area contributed by atoms with Crippen LogP contribution in [0.3, 0.4) is 0 Å². The number of fused-ring (bicyclic) bond motifs is 2. The Kier molecular flexibility index (Phi) is 13.1. The maximum Gasteiger partial charge on any atom is 0.161 e. The van der Waals surface area contributed by atoms with Gasteiger partial charge in [-0.2, -0.15) is 0 Å². The highest BCUT2D eigenvalue weighted by Gasteiger charge is 2.38. The summed E-state index contributed by atoms with van der Waals surface area (Å²) in [5.74, 6) is 4.42. The van der Waals surface area contributed by atoms with Gasteiger partial charge in [-0.3, -0.25) is 0 Å². The maximum absolute atomic E-state index is 10.5. The molecule has 4 atom stereocenters. The zero-order valence-corrected chi connectivity index (χ0v) is 27.9. The predicted molar refractivity (Wildman–Crippen MR) is 182 cm³/mol. The number of aryl methyl sites for hydroxylation is 4. The first-order valence-electron chi connectivity index (χ1n) is 17.9. The summed E-state index contributed by atoms with van der Waals surface area (Å²) < 4.78 is 12.3. The highest BCUT2D eigenvalue weighted by molar-refractivity contribution is 5.42. The number of furan rings is 1. The summed E-state index contributed by atoms with van der Waals surface area (Å²) in [7, 11) is 0. The number of rotatable bonds is 19. The van der Waals surface area contributed by atoms with E-state index in [1.54, 1.807) is 6.07 Å². The van der Waals surface area contributed by atoms with Crippen LogP contribution in [0.25, 0.3) is 0 Å². The zero-order chi connectivity index (χ0) is 32.3. The van der Waals surface area contributed by atoms with Crippen LogP contribution >= 0.6 is 0 Å². The molecular formula is C38H57N3O5. The Labute approximate surface area is 275 Å². The van der Waals surface area contributed by atoms with Crippen molar-refractivity contribution in [3.63, 3.8) is 0 Å². The molecule has 3 aromatic rings. The average molecular weight is 636 g/mol. The number of phenols is 1. The number of H-pyrrole nitrogens is 1. The molecule has 0 aliphatic heterocycles. The lowest BCUT2D eigenvalue weighted by molar-refractivity contribution is 0.188. The highest BCUT2D eigenvalue weighted by Crippen LogP contribution is 2.47. The van der Waals surface area contributed by atoms with Gasteiger partial charge >= 0.3 is 0 Å². The predicted octanol–water partition coefficient (Wildman–Crippen LogP) is 6.08. The third-order valence-electron chi connectivity index (χ3n) is 10.2. The summed E-state index contributed by atoms with van der Waals surface area (Å²) in [6, 6.07) is 9.91. The van der Waals surface area contributed by atoms with Crippen molar-refractivity contribution in [2.75, 3.05) is 26.2 Å². The first-order valence-corrected chi connectivity index (χ1v) is 17.9. The molecule has 7 N–H and O–H groups in total. The molecule has 254 valence electrons. The van der Waals surface area contributed by atoms with Crippen LogP contribution in [0.2, 0.25) is 0 Å². The van der Waals surface area contributed by atoms with Gasteiger partial charge in [-0.1, -0.05) is 38.2 Å². The van der Waals surface area contributed by atoms with Crippen LogP contribution in [-0.4, -0.2) is 52.6 Å². The van der Waals surface area contributed by atoms with Gasteiger partial charge in [-0.25, -0.2) is 0 Å². The fourth-order valence-electron chi connectivity index (χ4n) is 7.80. The molecule has 1 aromatic carbocycles. The molecule has 1 saturated carbocycles. The lowest BCUT2D eigenvalue weighted by atomic mass is 9.81. The van der Waals surface area contributed by atoms with E-state index in [2.05, 4.69) is 16.4 Å². The van der Waals surface area contributed by atoms with E-state index in [0.717, 1.165) is 93.0 Å². The van der Waals surface area contributed by atoms with Crippen LogP contribution < -0.4 is 15.8 Å². The van der Waals surface area contributed by atoms with E-state index >= 15 is 0 Å². The number of nitrogens with two attached hydrogens (primary N) is 1. The topological polar surface area (TPSA) is 137 Å². The number of benzene rings is 1. The Morgan fingerprint density at radius 1 is 1.02 bits per heavy atom. The lowest BCUT2D eigenvalue weighted by Crippen LogP contribution is -2.32. The van der Waals surface area contributed by atoms with E-state index < -0.39 is 0 Å². The van der Waals surface area contributed by atoms with Gasteiger partial charge in [0.15, 0.2) is 11.5 Å². The number of hydrogen-bond acceptors (Lipinski definition) is 7. The number of aromatic amines is 1. The first-order chi connectivity index (χ1) is 22.4. The molecule has 46 heavy (non-hydrogen) atoms. The minimum Gasteiger partial charge on any atom is -0.504 e. The fourth-order valence-corrected chi connectivity index (χ4v) is 7.80. The smallest absolute Gasteiger partial charge is 0.161 e. The number of unbranched alkanes of at least 4 members (excludes halogenated alkanes) is 4. The van der Waals surface area contributed by atoms with Crippen LogP contribution in [-0.2, 0) is 38.7 Å². The standard InChI is InChI=1S/C38H57N3O5/c1-26(43)23-40-24-34-32-9-7-8-28(32)13-15-35-33(34)22-30(41-35)17-19-45-38-20-27(12-16-36(38)44)11-14-31-21-29(25-42)37(46-31)10-5-3-2-4-6-18-39/h12,16,20-22,26,28,32,34,40-44H,2-11,13-15,17-19,23-25,39H2,1H3. The van der Waals surface area contributed by atoms with Crippen molar-refractivity contribution in [3.05, 3.63) is 69.9 Å². The van der Waals surface area contributed by atoms with Crippen LogP contribution in [0, 0.1) is 11.8 Å². The van der Waals surface area contributed by atoms with E-state index in [-0.39, 0.29) is 18.5 Å². The number of nitrogens with one attached hydrogen (secondary N) is 2. The van der Waals surface area contributed by atoms with Crippen molar-refractivity contribution in [3.8, 4) is 11.5 Å². The van der Waals surface area contributed by atoms with Crippen molar-refractivity contribution >= 4 is 0 Å². The summed E-state index contributed by atoms with van der Waals surface area (Å²) in [6.07, 6.45) is 14.7. The number of ether oxygens (including phenoxy) is 1. The summed E-state index contributed by atoms with van der Waals surface area (Å²) in [4.78, 5) is 3.73. The molecule has 1 fully saturated rings. The summed E-state index contributed by atoms with van der Waals surface area (Å²) in [5.41, 5.74) is 11.5. The van der Waals surface area contributed by atoms with Gasteiger partial charge in [0.2, 0.25) is 0 Å². The summed E-state index contributed by atoms with van der Waals surface area (Å²) in [5, 5.41) is 33.7. The van der Waals surface area contributed by atoms with Crippen molar-refractivity contribution in [1.82, 2.24) is 10.3 Å². The second-order valence-corrected chi connectivity index (χ2v) is 13.8. The Morgan fingerprint density at radius 3 is 2.70 bits per heavy atom. The van der Waals surface area contributed by atoms with Gasteiger partial charge in [-0.05, 0) is 99.2 Å². The Hall–Kier alpha value is -2.78. The minimum atomic E-state index is -0.340. The van der Waals surface area contributed by atoms with Gasteiger partial charge < -0.3 is 40.5 Å². The largest absolute Gasteiger partial charge is 0.504 e. The Bertz CT molecular complexity index is 1350. The Balaban J connectivity index is 1.14. The van der Waals surface area contributed by atoms with E-state index in [1.807, 2.05) is 25.1 Å². The third kappa shape index (κ3) is 9.40. The monoisotopic (exact) mass is 635 g/mol. The quantitative estimate of drug-likeness (QED) is 0.0879. The molecule has 2 aliphatic rings. The summed E-state index contributed by atoms with van der Waals surface area (Å²) >= 11 is 0. The van der Waals surface area contributed by atoms with Crippen molar-refractivity contribution in [1.29, 1.82) is 0 Å². The van der Waals surface area contributed by atoms with Gasteiger partial charge in [-0.15, -0.1) is 0 Å². The SMILES string of the molecule is CC(O)CNCC1c2cc(CCOc3cc(CCc4cc(CO)c(CCCCCCCN)o4)ccc3O)[nH]c2CCC2CCCC21. The van der Waals surface area contributed by atoms with Crippen LogP contribution in [0.1, 0.15) is 110 Å². The van der Waals surface area contributed by atoms with Crippen LogP contribution in [0.15, 0.2) is 34.7 Å². The number of hydrogen-bond donors (Lipinski definition) is 6. The van der Waals surface area contributed by atoms with E-state index in [9.17, 15) is 15.3 Å². The van der Waals surface area contributed by atoms with Crippen molar-refractivity contribution < 1.29 is 24.5 Å². The molecule has 0 saturated heterocycles.